The lowest BCUT2D eigenvalue weighted by atomic mass is 10.1. The number of aliphatic hydroxyl groups is 1. The van der Waals surface area contributed by atoms with E-state index in [9.17, 15) is 10.1 Å². The van der Waals surface area contributed by atoms with Gasteiger partial charge in [-0.05, 0) is 36.1 Å². The molecular weight excluding hydrogens is 320 g/mol. The molecule has 6 heteroatoms. The predicted molar refractivity (Wildman–Crippen MR) is 94.4 cm³/mol. The lowest BCUT2D eigenvalue weighted by molar-refractivity contribution is -0.384. The van der Waals surface area contributed by atoms with Crippen LogP contribution >= 0.6 is 0 Å². The summed E-state index contributed by atoms with van der Waals surface area (Å²) in [5.74, 6) is 0.684. The summed E-state index contributed by atoms with van der Waals surface area (Å²) in [6.07, 6.45) is 2.02. The van der Waals surface area contributed by atoms with Crippen LogP contribution in [0.2, 0.25) is 0 Å². The molecule has 2 aromatic carbocycles. The molecule has 0 atom stereocenters. The van der Waals surface area contributed by atoms with Crippen molar-refractivity contribution in [1.82, 2.24) is 4.90 Å². The van der Waals surface area contributed by atoms with E-state index in [2.05, 4.69) is 17.0 Å². The maximum atomic E-state index is 10.7. The van der Waals surface area contributed by atoms with Crippen LogP contribution in [0, 0.1) is 10.1 Å². The Bertz CT molecular complexity index is 692. The molecule has 1 heterocycles. The van der Waals surface area contributed by atoms with E-state index in [1.807, 2.05) is 12.1 Å². The molecule has 1 fully saturated rings. The van der Waals surface area contributed by atoms with Gasteiger partial charge in [0.1, 0.15) is 11.9 Å². The second-order valence-electron chi connectivity index (χ2n) is 6.32. The lowest BCUT2D eigenvalue weighted by Gasteiger charge is -2.32. The summed E-state index contributed by atoms with van der Waals surface area (Å²) in [5.41, 5.74) is 2.25. The zero-order valence-electron chi connectivity index (χ0n) is 14.0. The third-order valence-corrected chi connectivity index (χ3v) is 4.50. The van der Waals surface area contributed by atoms with Gasteiger partial charge in [0.2, 0.25) is 0 Å². The van der Waals surface area contributed by atoms with Crippen molar-refractivity contribution in [2.24, 2.45) is 0 Å². The maximum Gasteiger partial charge on any atom is 0.269 e. The highest BCUT2D eigenvalue weighted by molar-refractivity contribution is 5.36. The predicted octanol–water partition coefficient (Wildman–Crippen LogP) is 3.13. The first-order valence-electron chi connectivity index (χ1n) is 8.46. The molecule has 132 valence electrons. The first kappa shape index (κ1) is 17.4. The van der Waals surface area contributed by atoms with Crippen molar-refractivity contribution >= 4 is 5.69 Å². The molecular formula is C19H22N2O4. The Kier molecular flexibility index (Phi) is 5.63. The number of likely N-dealkylation sites (tertiary alicyclic amines) is 1. The molecule has 0 amide bonds. The number of nitro groups is 1. The Hall–Kier alpha value is -2.44. The Morgan fingerprint density at radius 3 is 2.20 bits per heavy atom. The van der Waals surface area contributed by atoms with Crippen molar-refractivity contribution in [2.75, 3.05) is 13.1 Å². The number of non-ortho nitro benzene ring substituents is 1. The van der Waals surface area contributed by atoms with Crippen LogP contribution in [0.15, 0.2) is 48.5 Å². The van der Waals surface area contributed by atoms with Crippen LogP contribution in [0.5, 0.6) is 5.75 Å². The second-order valence-corrected chi connectivity index (χ2v) is 6.32. The van der Waals surface area contributed by atoms with Crippen molar-refractivity contribution < 1.29 is 14.8 Å². The van der Waals surface area contributed by atoms with Crippen molar-refractivity contribution in [2.45, 2.75) is 32.1 Å². The number of benzene rings is 2. The van der Waals surface area contributed by atoms with Gasteiger partial charge in [-0.25, -0.2) is 0 Å². The molecule has 0 aliphatic carbocycles. The molecule has 6 nitrogen and oxygen atoms in total. The largest absolute Gasteiger partial charge is 0.490 e. The van der Waals surface area contributed by atoms with Gasteiger partial charge in [0.15, 0.2) is 0 Å². The van der Waals surface area contributed by atoms with Gasteiger partial charge in [0, 0.05) is 31.8 Å². The Morgan fingerprint density at radius 1 is 1.04 bits per heavy atom. The highest BCUT2D eigenvalue weighted by atomic mass is 16.6. The van der Waals surface area contributed by atoms with Crippen LogP contribution < -0.4 is 4.74 Å². The summed E-state index contributed by atoms with van der Waals surface area (Å²) in [5, 5.41) is 19.8. The number of piperidine rings is 1. The van der Waals surface area contributed by atoms with Gasteiger partial charge in [-0.1, -0.05) is 24.3 Å². The van der Waals surface area contributed by atoms with Crippen molar-refractivity contribution in [3.63, 3.8) is 0 Å². The fraction of sp³-hybridized carbons (Fsp3) is 0.368. The van der Waals surface area contributed by atoms with Crippen LogP contribution in [0.1, 0.15) is 24.0 Å². The molecule has 1 saturated heterocycles. The number of nitro benzene ring substituents is 1. The molecule has 25 heavy (non-hydrogen) atoms. The quantitative estimate of drug-likeness (QED) is 0.645. The second kappa shape index (κ2) is 8.09. The highest BCUT2D eigenvalue weighted by Crippen LogP contribution is 2.22. The van der Waals surface area contributed by atoms with E-state index in [-0.39, 0.29) is 18.4 Å². The van der Waals surface area contributed by atoms with Gasteiger partial charge in [0.25, 0.3) is 5.69 Å². The molecule has 0 unspecified atom stereocenters. The number of nitrogens with zero attached hydrogens (tertiary/aromatic N) is 2. The fourth-order valence-electron chi connectivity index (χ4n) is 3.03. The van der Waals surface area contributed by atoms with Crippen LogP contribution in [0.3, 0.4) is 0 Å². The number of rotatable bonds is 6. The number of hydrogen-bond donors (Lipinski definition) is 1. The van der Waals surface area contributed by atoms with Crippen LogP contribution in [-0.2, 0) is 13.2 Å². The van der Waals surface area contributed by atoms with Gasteiger partial charge in [-0.15, -0.1) is 0 Å². The minimum atomic E-state index is -0.407. The van der Waals surface area contributed by atoms with Gasteiger partial charge in [-0.3, -0.25) is 15.0 Å². The van der Waals surface area contributed by atoms with Crippen molar-refractivity contribution in [3.8, 4) is 5.75 Å². The van der Waals surface area contributed by atoms with Gasteiger partial charge in [0.05, 0.1) is 11.5 Å². The first-order valence-corrected chi connectivity index (χ1v) is 8.46. The van der Waals surface area contributed by atoms with E-state index in [1.54, 1.807) is 12.1 Å². The zero-order chi connectivity index (χ0) is 17.6. The first-order chi connectivity index (χ1) is 12.1. The summed E-state index contributed by atoms with van der Waals surface area (Å²) in [4.78, 5) is 12.7. The molecule has 0 aromatic heterocycles. The fourth-order valence-corrected chi connectivity index (χ4v) is 3.03. The summed E-state index contributed by atoms with van der Waals surface area (Å²) < 4.78 is 5.94. The van der Waals surface area contributed by atoms with E-state index in [1.165, 1.54) is 17.7 Å². The summed E-state index contributed by atoms with van der Waals surface area (Å²) in [6.45, 7) is 2.89. The lowest BCUT2D eigenvalue weighted by Crippen LogP contribution is -2.37. The minimum absolute atomic E-state index is 0.0751. The standard InChI is InChI=1S/C19H22N2O4/c22-14-16-3-1-15(2-4-16)13-20-11-9-19(10-12-20)25-18-7-5-17(6-8-18)21(23)24/h1-8,19,22H,9-14H2. The monoisotopic (exact) mass is 342 g/mol. The minimum Gasteiger partial charge on any atom is -0.490 e. The third-order valence-electron chi connectivity index (χ3n) is 4.50. The third kappa shape index (κ3) is 4.78. The SMILES string of the molecule is O=[N+]([O-])c1ccc(OC2CCN(Cc3ccc(CO)cc3)CC2)cc1. The number of ether oxygens (including phenoxy) is 1. The van der Waals surface area contributed by atoms with E-state index in [0.29, 0.717) is 5.75 Å². The van der Waals surface area contributed by atoms with Gasteiger partial charge >= 0.3 is 0 Å². The summed E-state index contributed by atoms with van der Waals surface area (Å²) in [7, 11) is 0. The normalized spacial score (nSPS) is 15.9. The maximum absolute atomic E-state index is 10.7. The van der Waals surface area contributed by atoms with E-state index < -0.39 is 4.92 Å². The molecule has 2 aromatic rings. The Morgan fingerprint density at radius 2 is 1.64 bits per heavy atom. The van der Waals surface area contributed by atoms with Crippen molar-refractivity contribution in [1.29, 1.82) is 0 Å². The van der Waals surface area contributed by atoms with E-state index in [0.717, 1.165) is 38.0 Å². The smallest absolute Gasteiger partial charge is 0.269 e. The Labute approximate surface area is 146 Å². The summed E-state index contributed by atoms with van der Waals surface area (Å²) in [6, 6.07) is 14.3. The average Bonchev–Trinajstić information content (AvgIpc) is 2.64. The molecule has 0 bridgehead atoms. The van der Waals surface area contributed by atoms with Crippen molar-refractivity contribution in [3.05, 3.63) is 69.8 Å². The molecule has 0 saturated carbocycles. The Balaban J connectivity index is 1.47. The molecule has 1 aliphatic rings. The van der Waals surface area contributed by atoms with Crippen LogP contribution in [-0.4, -0.2) is 34.1 Å². The van der Waals surface area contributed by atoms with Gasteiger partial charge in [-0.2, -0.15) is 0 Å². The highest BCUT2D eigenvalue weighted by Gasteiger charge is 2.20. The van der Waals surface area contributed by atoms with E-state index >= 15 is 0 Å². The molecule has 0 spiro atoms. The molecule has 0 radical (unpaired) electrons. The number of hydrogen-bond acceptors (Lipinski definition) is 5. The molecule has 1 N–H and O–H groups in total. The average molecular weight is 342 g/mol. The topological polar surface area (TPSA) is 75.8 Å². The number of aliphatic hydroxyl groups excluding tert-OH is 1. The molecule has 3 rings (SSSR count). The molecule has 1 aliphatic heterocycles. The zero-order valence-corrected chi connectivity index (χ0v) is 14.0. The van der Waals surface area contributed by atoms with Crippen LogP contribution in [0.4, 0.5) is 5.69 Å². The summed E-state index contributed by atoms with van der Waals surface area (Å²) >= 11 is 0. The van der Waals surface area contributed by atoms with E-state index in [4.69, 9.17) is 9.84 Å². The van der Waals surface area contributed by atoms with Gasteiger partial charge < -0.3 is 9.84 Å². The van der Waals surface area contributed by atoms with Crippen LogP contribution in [0.25, 0.3) is 0 Å².